The van der Waals surface area contributed by atoms with Gasteiger partial charge in [0.15, 0.2) is 0 Å². The van der Waals surface area contributed by atoms with E-state index in [1.807, 2.05) is 13.0 Å². The summed E-state index contributed by atoms with van der Waals surface area (Å²) in [6, 6.07) is 5.21. The first-order valence-corrected chi connectivity index (χ1v) is 6.57. The third-order valence-corrected chi connectivity index (χ3v) is 3.26. The average molecular weight is 304 g/mol. The molecule has 2 atom stereocenters. The molecule has 1 N–H and O–H groups in total. The smallest absolute Gasteiger partial charge is 0.128 e. The van der Waals surface area contributed by atoms with Crippen molar-refractivity contribution in [3.05, 3.63) is 34.1 Å². The summed E-state index contributed by atoms with van der Waals surface area (Å²) in [6.45, 7) is 4.68. The normalized spacial score (nSPS) is 14.6. The molecule has 0 heterocycles. The van der Waals surface area contributed by atoms with Crippen LogP contribution in [0, 0.1) is 5.82 Å². The lowest BCUT2D eigenvalue weighted by molar-refractivity contribution is 0.159. The van der Waals surface area contributed by atoms with E-state index >= 15 is 0 Å². The number of hydrogen-bond donors (Lipinski definition) is 1. The van der Waals surface area contributed by atoms with Gasteiger partial charge in [-0.3, -0.25) is 0 Å². The molecule has 2 unspecified atom stereocenters. The molecule has 0 amide bonds. The highest BCUT2D eigenvalue weighted by Gasteiger charge is 2.15. The van der Waals surface area contributed by atoms with Crippen LogP contribution in [0.25, 0.3) is 0 Å². The summed E-state index contributed by atoms with van der Waals surface area (Å²) in [5.74, 6) is -0.180. The fourth-order valence-corrected chi connectivity index (χ4v) is 2.15. The van der Waals surface area contributed by atoms with Gasteiger partial charge in [-0.25, -0.2) is 4.39 Å². The SMILES string of the molecule is CCC(COC)NC(C)c1cc(Br)ccc1F. The van der Waals surface area contributed by atoms with Gasteiger partial charge in [-0.2, -0.15) is 0 Å². The van der Waals surface area contributed by atoms with E-state index in [-0.39, 0.29) is 17.9 Å². The Kier molecular flexibility index (Phi) is 6.09. The van der Waals surface area contributed by atoms with Gasteiger partial charge in [0.25, 0.3) is 0 Å². The highest BCUT2D eigenvalue weighted by atomic mass is 79.9. The second-order valence-corrected chi connectivity index (χ2v) is 5.03. The molecule has 1 aromatic carbocycles. The molecule has 0 saturated heterocycles. The van der Waals surface area contributed by atoms with Crippen LogP contribution < -0.4 is 5.32 Å². The van der Waals surface area contributed by atoms with Crippen molar-refractivity contribution < 1.29 is 9.13 Å². The Labute approximate surface area is 111 Å². The van der Waals surface area contributed by atoms with E-state index in [1.54, 1.807) is 13.2 Å². The molecule has 0 radical (unpaired) electrons. The molecule has 17 heavy (non-hydrogen) atoms. The largest absolute Gasteiger partial charge is 0.383 e. The lowest BCUT2D eigenvalue weighted by atomic mass is 10.1. The number of ether oxygens (including phenoxy) is 1. The minimum absolute atomic E-state index is 0.0346. The molecule has 0 aromatic heterocycles. The zero-order valence-corrected chi connectivity index (χ0v) is 12.1. The number of rotatable bonds is 6. The Balaban J connectivity index is 2.74. The van der Waals surface area contributed by atoms with Crippen molar-refractivity contribution in [2.75, 3.05) is 13.7 Å². The third kappa shape index (κ3) is 4.37. The first-order valence-electron chi connectivity index (χ1n) is 5.78. The van der Waals surface area contributed by atoms with Crippen molar-refractivity contribution in [2.45, 2.75) is 32.4 Å². The molecule has 0 aliphatic rings. The van der Waals surface area contributed by atoms with E-state index in [0.29, 0.717) is 12.2 Å². The molecular formula is C13H19BrFNO. The highest BCUT2D eigenvalue weighted by Crippen LogP contribution is 2.22. The van der Waals surface area contributed by atoms with Crippen LogP contribution in [0.5, 0.6) is 0 Å². The van der Waals surface area contributed by atoms with E-state index in [4.69, 9.17) is 4.74 Å². The molecule has 0 aliphatic carbocycles. The number of benzene rings is 1. The molecule has 1 aromatic rings. The van der Waals surface area contributed by atoms with Crippen molar-refractivity contribution >= 4 is 15.9 Å². The second-order valence-electron chi connectivity index (χ2n) is 4.11. The Morgan fingerprint density at radius 2 is 2.18 bits per heavy atom. The van der Waals surface area contributed by atoms with Gasteiger partial charge in [0.1, 0.15) is 5.82 Å². The van der Waals surface area contributed by atoms with Gasteiger partial charge in [-0.1, -0.05) is 22.9 Å². The fourth-order valence-electron chi connectivity index (χ4n) is 1.77. The predicted octanol–water partition coefficient (Wildman–Crippen LogP) is 3.66. The molecule has 4 heteroatoms. The van der Waals surface area contributed by atoms with Gasteiger partial charge < -0.3 is 10.1 Å². The molecule has 2 nitrogen and oxygen atoms in total. The summed E-state index contributed by atoms with van der Waals surface area (Å²) in [5, 5.41) is 3.37. The first kappa shape index (κ1) is 14.6. The van der Waals surface area contributed by atoms with Crippen LogP contribution in [-0.2, 0) is 4.74 Å². The van der Waals surface area contributed by atoms with Gasteiger partial charge >= 0.3 is 0 Å². The zero-order chi connectivity index (χ0) is 12.8. The molecule has 0 aliphatic heterocycles. The number of hydrogen-bond acceptors (Lipinski definition) is 2. The minimum atomic E-state index is -0.180. The third-order valence-electron chi connectivity index (χ3n) is 2.77. The summed E-state index contributed by atoms with van der Waals surface area (Å²) >= 11 is 3.36. The number of halogens is 2. The fraction of sp³-hybridized carbons (Fsp3) is 0.538. The average Bonchev–Trinajstić information content (AvgIpc) is 2.31. The summed E-state index contributed by atoms with van der Waals surface area (Å²) in [4.78, 5) is 0. The predicted molar refractivity (Wildman–Crippen MR) is 71.6 cm³/mol. The van der Waals surface area contributed by atoms with E-state index in [9.17, 15) is 4.39 Å². The van der Waals surface area contributed by atoms with Crippen LogP contribution in [0.15, 0.2) is 22.7 Å². The van der Waals surface area contributed by atoms with Crippen LogP contribution >= 0.6 is 15.9 Å². The lowest BCUT2D eigenvalue weighted by Gasteiger charge is -2.22. The maximum Gasteiger partial charge on any atom is 0.128 e. The van der Waals surface area contributed by atoms with Gasteiger partial charge in [-0.15, -0.1) is 0 Å². The standard InChI is InChI=1S/C13H19BrFNO/c1-4-11(8-17-3)16-9(2)12-7-10(14)5-6-13(12)15/h5-7,9,11,16H,4,8H2,1-3H3. The van der Waals surface area contributed by atoms with Gasteiger partial charge in [0.05, 0.1) is 6.61 Å². The van der Waals surface area contributed by atoms with Crippen molar-refractivity contribution in [1.82, 2.24) is 5.32 Å². The van der Waals surface area contributed by atoms with Crippen molar-refractivity contribution in [3.63, 3.8) is 0 Å². The first-order chi connectivity index (χ1) is 8.08. The van der Waals surface area contributed by atoms with E-state index < -0.39 is 0 Å². The highest BCUT2D eigenvalue weighted by molar-refractivity contribution is 9.10. The summed E-state index contributed by atoms with van der Waals surface area (Å²) < 4.78 is 19.7. The Morgan fingerprint density at radius 1 is 1.47 bits per heavy atom. The molecule has 1 rings (SSSR count). The topological polar surface area (TPSA) is 21.3 Å². The summed E-state index contributed by atoms with van der Waals surface area (Å²) in [7, 11) is 1.68. The van der Waals surface area contributed by atoms with Crippen LogP contribution in [0.2, 0.25) is 0 Å². The monoisotopic (exact) mass is 303 g/mol. The van der Waals surface area contributed by atoms with E-state index in [0.717, 1.165) is 10.9 Å². The number of nitrogens with one attached hydrogen (secondary N) is 1. The molecule has 0 bridgehead atoms. The molecule has 0 saturated carbocycles. The Hall–Kier alpha value is -0.450. The molecule has 96 valence electrons. The van der Waals surface area contributed by atoms with Crippen molar-refractivity contribution in [1.29, 1.82) is 0 Å². The van der Waals surface area contributed by atoms with Crippen molar-refractivity contribution in [3.8, 4) is 0 Å². The Bertz CT molecular complexity index is 359. The second kappa shape index (κ2) is 7.09. The zero-order valence-electron chi connectivity index (χ0n) is 10.5. The quantitative estimate of drug-likeness (QED) is 0.866. The van der Waals surface area contributed by atoms with Crippen molar-refractivity contribution in [2.24, 2.45) is 0 Å². The molecule has 0 spiro atoms. The maximum absolute atomic E-state index is 13.7. The van der Waals surface area contributed by atoms with Crippen LogP contribution in [0.4, 0.5) is 4.39 Å². The summed E-state index contributed by atoms with van der Waals surface area (Å²) in [5.41, 5.74) is 0.675. The maximum atomic E-state index is 13.7. The van der Waals surface area contributed by atoms with Crippen LogP contribution in [0.3, 0.4) is 0 Å². The minimum Gasteiger partial charge on any atom is -0.383 e. The van der Waals surface area contributed by atoms with Gasteiger partial charge in [0, 0.05) is 29.2 Å². The van der Waals surface area contributed by atoms with Gasteiger partial charge in [-0.05, 0) is 31.5 Å². The van der Waals surface area contributed by atoms with E-state index in [1.165, 1.54) is 6.07 Å². The Morgan fingerprint density at radius 3 is 2.76 bits per heavy atom. The summed E-state index contributed by atoms with van der Waals surface area (Å²) in [6.07, 6.45) is 0.952. The van der Waals surface area contributed by atoms with Crippen LogP contribution in [0.1, 0.15) is 31.9 Å². The lowest BCUT2D eigenvalue weighted by Crippen LogP contribution is -2.34. The molecular weight excluding hydrogens is 285 g/mol. The van der Waals surface area contributed by atoms with E-state index in [2.05, 4.69) is 28.2 Å². The van der Waals surface area contributed by atoms with Gasteiger partial charge in [0.2, 0.25) is 0 Å². The van der Waals surface area contributed by atoms with Crippen LogP contribution in [-0.4, -0.2) is 19.8 Å². The molecule has 0 fully saturated rings. The number of methoxy groups -OCH3 is 1.